The van der Waals surface area contributed by atoms with Gasteiger partial charge in [0, 0.05) is 68.7 Å². The molecule has 0 amide bonds. The Bertz CT molecular complexity index is 3670. The lowest BCUT2D eigenvalue weighted by Crippen LogP contribution is -2.29. The first-order valence-electron chi connectivity index (χ1n) is 23.3. The van der Waals surface area contributed by atoms with Crippen LogP contribution in [0, 0.1) is 41.2 Å². The molecular weight excluding hydrogens is 1140 g/mol. The lowest BCUT2D eigenvalue weighted by atomic mass is 9.87. The van der Waals surface area contributed by atoms with E-state index in [2.05, 4.69) is 25.4 Å². The maximum atomic E-state index is 13.6. The number of carboxylic acids is 1. The van der Waals surface area contributed by atoms with Gasteiger partial charge in [0.15, 0.2) is 5.78 Å². The molecule has 3 aliphatic rings. The summed E-state index contributed by atoms with van der Waals surface area (Å²) < 4.78 is 72.2. The van der Waals surface area contributed by atoms with E-state index in [-0.39, 0.29) is 70.3 Å². The van der Waals surface area contributed by atoms with Gasteiger partial charge in [0.05, 0.1) is 46.3 Å². The van der Waals surface area contributed by atoms with Gasteiger partial charge in [0.2, 0.25) is 0 Å². The molecular formula is C48H51N6O20P3S2. The van der Waals surface area contributed by atoms with Crippen LogP contribution in [0.3, 0.4) is 0 Å². The third kappa shape index (κ3) is 15.2. The number of nitrogen functional groups attached to an aromatic ring is 2. The number of nitrogens with one attached hydrogen (secondary N) is 1. The molecule has 0 radical (unpaired) electrons. The molecule has 2 unspecified atom stereocenters. The SMILES string of the molecule is Cc1c2oc3c(C)c(N)ccc3c(-c3ccc(C(=O)CCC(C)(C)SSCOCC#Cc4cn([C@H]5C[C@@H](OCc6ccccc6[N+](=O)[O-])[C@@H](COP(=O)(O)OP(=O)(O)OP(=O)(O)O)O5)c(=O)nc4N)cc3C(=O)O)c-2ccc1=N. The fourth-order valence-corrected chi connectivity index (χ4v) is 13.5. The first kappa shape index (κ1) is 60.6. The highest BCUT2D eigenvalue weighted by Crippen LogP contribution is 2.66. The van der Waals surface area contributed by atoms with Crippen LogP contribution in [0.25, 0.3) is 33.4 Å². The molecule has 0 bridgehead atoms. The van der Waals surface area contributed by atoms with Crippen LogP contribution in [-0.4, -0.2) is 87.0 Å². The molecule has 1 aromatic heterocycles. The lowest BCUT2D eigenvalue weighted by Gasteiger charge is -2.23. The molecule has 79 heavy (non-hydrogen) atoms. The molecule has 1 fully saturated rings. The summed E-state index contributed by atoms with van der Waals surface area (Å²) in [5.74, 6) is 4.37. The third-order valence-electron chi connectivity index (χ3n) is 12.1. The average molecular weight is 1190 g/mol. The van der Waals surface area contributed by atoms with Crippen molar-refractivity contribution in [2.75, 3.05) is 30.6 Å². The number of phosphoric ester groups is 1. The molecule has 31 heteroatoms. The van der Waals surface area contributed by atoms with E-state index in [0.29, 0.717) is 56.7 Å². The Balaban J connectivity index is 0.959. The van der Waals surface area contributed by atoms with Crippen molar-refractivity contribution >= 4 is 85.0 Å². The summed E-state index contributed by atoms with van der Waals surface area (Å²) in [5.41, 5.74) is 15.0. The molecule has 0 saturated carbocycles. The van der Waals surface area contributed by atoms with Gasteiger partial charge in [-0.3, -0.25) is 24.0 Å². The second-order valence-corrected chi connectivity index (χ2v) is 25.6. The van der Waals surface area contributed by atoms with E-state index >= 15 is 0 Å². The van der Waals surface area contributed by atoms with Crippen LogP contribution in [-0.2, 0) is 47.7 Å². The van der Waals surface area contributed by atoms with Gasteiger partial charge >= 0.3 is 35.1 Å². The van der Waals surface area contributed by atoms with E-state index in [1.165, 1.54) is 58.1 Å². The standard InChI is InChI=1S/C48H51N6O20P3S2/c1-26-35(49)15-13-32-42(33-14-16-36(50)27(2)44(33)72-43(26)32)31-12-11-28(20-34(31)46(56)57)38(55)17-18-48(3,4)79-78-25-68-19-7-9-29-22-53(47(58)52-45(29)51)41-21-39(69-23-30-8-5-6-10-37(30)54(59)60)40(71-41)24-70-76(64,65)74-77(66,67)73-75(61,62)63/h5-6,8,10-16,20,22,39-41,49H,17-19,21,23-25,50H2,1-4H3,(H,56,57)(H,64,65)(H,66,67)(H2,51,52,58)(H2,61,62,63)/t39-,40-,41-/m1/s1. The quantitative estimate of drug-likeness (QED) is 0.00288. The molecule has 2 aliphatic heterocycles. The maximum Gasteiger partial charge on any atom is 0.490 e. The number of carbonyl (C=O) groups excluding carboxylic acids is 1. The van der Waals surface area contributed by atoms with Crippen LogP contribution in [0.1, 0.15) is 82.3 Å². The fourth-order valence-electron chi connectivity index (χ4n) is 8.21. The minimum Gasteiger partial charge on any atom is -0.478 e. The zero-order valence-corrected chi connectivity index (χ0v) is 46.4. The number of nitrogens with two attached hydrogens (primary N) is 2. The predicted molar refractivity (Wildman–Crippen MR) is 288 cm³/mol. The second kappa shape index (κ2) is 24.7. The number of aromatic carboxylic acids is 1. The van der Waals surface area contributed by atoms with E-state index < -0.39 is 76.4 Å². The maximum absolute atomic E-state index is 13.6. The Morgan fingerprint density at radius 2 is 1.72 bits per heavy atom. The number of nitro groups is 1. The van der Waals surface area contributed by atoms with Crippen molar-refractivity contribution in [3.63, 3.8) is 0 Å². The first-order valence-corrected chi connectivity index (χ1v) is 30.1. The number of aryl methyl sites for hydroxylation is 1. The summed E-state index contributed by atoms with van der Waals surface area (Å²) in [6, 6.07) is 17.0. The van der Waals surface area contributed by atoms with Gasteiger partial charge in [-0.25, -0.2) is 23.3 Å². The van der Waals surface area contributed by atoms with Crippen LogP contribution in [0.4, 0.5) is 17.2 Å². The van der Waals surface area contributed by atoms with Gasteiger partial charge in [0.25, 0.3) is 5.69 Å². The highest BCUT2D eigenvalue weighted by Gasteiger charge is 2.44. The molecule has 1 saturated heterocycles. The Hall–Kier alpha value is -6.08. The molecule has 1 aliphatic carbocycles. The Labute approximate surface area is 456 Å². The normalized spacial score (nSPS) is 17.2. The minimum atomic E-state index is -5.88. The number of nitrogens with zero attached hydrogens (tertiary/aromatic N) is 3. The number of carboxylic acid groups (broad SMARTS) is 1. The number of hydrogen-bond donors (Lipinski definition) is 8. The number of carbonyl (C=O) groups is 2. The van der Waals surface area contributed by atoms with E-state index in [9.17, 15) is 53.1 Å². The van der Waals surface area contributed by atoms with Crippen molar-refractivity contribution < 1.29 is 84.7 Å². The van der Waals surface area contributed by atoms with Crippen LogP contribution < -0.4 is 22.5 Å². The number of anilines is 2. The van der Waals surface area contributed by atoms with Gasteiger partial charge in [-0.15, -0.1) is 0 Å². The number of para-hydroxylation sites is 1. The number of fused-ring (bicyclic) bond motifs is 2. The number of ether oxygens (including phenoxy) is 3. The van der Waals surface area contributed by atoms with Gasteiger partial charge < -0.3 is 60.2 Å². The Morgan fingerprint density at radius 3 is 2.43 bits per heavy atom. The monoisotopic (exact) mass is 1190 g/mol. The third-order valence-corrected chi connectivity index (χ3v) is 19.0. The highest BCUT2D eigenvalue weighted by molar-refractivity contribution is 8.77. The number of phosphoric acid groups is 3. The zero-order valence-electron chi connectivity index (χ0n) is 42.1. The molecule has 26 nitrogen and oxygen atoms in total. The Kier molecular flexibility index (Phi) is 19.0. The number of benzene rings is 4. The molecule has 4 aromatic rings. The van der Waals surface area contributed by atoms with Crippen molar-refractivity contribution in [2.45, 2.75) is 76.7 Å². The second-order valence-electron chi connectivity index (χ2n) is 18.2. The van der Waals surface area contributed by atoms with Gasteiger partial charge in [-0.2, -0.15) is 13.6 Å². The largest absolute Gasteiger partial charge is 0.490 e. The summed E-state index contributed by atoms with van der Waals surface area (Å²) in [7, 11) is -14.4. The number of rotatable bonds is 23. The Morgan fingerprint density at radius 1 is 1.00 bits per heavy atom. The van der Waals surface area contributed by atoms with Crippen LogP contribution in [0.2, 0.25) is 0 Å². The molecule has 5 atom stereocenters. The van der Waals surface area contributed by atoms with Crippen molar-refractivity contribution in [3.8, 4) is 34.3 Å². The molecule has 7 rings (SSSR count). The smallest absolute Gasteiger partial charge is 0.478 e. The molecule has 0 spiro atoms. The number of Topliss-reactive ketones (excluding diaryl/α,β-unsaturated/α-hetero) is 1. The molecule has 3 aromatic carbocycles. The van der Waals surface area contributed by atoms with Gasteiger partial charge in [0.1, 0.15) is 42.0 Å². The summed E-state index contributed by atoms with van der Waals surface area (Å²) in [5, 5.41) is 31.4. The first-order chi connectivity index (χ1) is 37.0. The van der Waals surface area contributed by atoms with Gasteiger partial charge in [-0.1, -0.05) is 57.7 Å². The topological polar surface area (TPSA) is 409 Å². The summed E-state index contributed by atoms with van der Waals surface area (Å²) >= 11 is 0. The van der Waals surface area contributed by atoms with E-state index in [0.717, 1.165) is 4.57 Å². The van der Waals surface area contributed by atoms with Crippen molar-refractivity contribution in [1.29, 1.82) is 5.41 Å². The van der Waals surface area contributed by atoms with Crippen LogP contribution in [0.15, 0.2) is 82.1 Å². The summed E-state index contributed by atoms with van der Waals surface area (Å²) in [6.07, 6.45) is -2.35. The van der Waals surface area contributed by atoms with Gasteiger partial charge in [-0.05, 0) is 76.1 Å². The predicted octanol–water partition coefficient (Wildman–Crippen LogP) is 7.99. The van der Waals surface area contributed by atoms with E-state index in [1.54, 1.807) is 50.2 Å². The molecule has 420 valence electrons. The van der Waals surface area contributed by atoms with E-state index in [4.69, 9.17) is 49.8 Å². The lowest BCUT2D eigenvalue weighted by molar-refractivity contribution is -0.386. The minimum absolute atomic E-state index is 0.0518. The van der Waals surface area contributed by atoms with Crippen LogP contribution in [0.5, 0.6) is 0 Å². The molecule has 3 heterocycles. The fraction of sp³-hybridized carbons (Fsp3) is 0.312. The molecule has 10 N–H and O–H groups in total. The zero-order chi connectivity index (χ0) is 57.8. The number of ketones is 1. The number of hydrogen-bond acceptors (Lipinski definition) is 21. The summed E-state index contributed by atoms with van der Waals surface area (Å²) in [6.45, 7) is 5.94. The number of aromatic nitrogens is 2. The summed E-state index contributed by atoms with van der Waals surface area (Å²) in [4.78, 5) is 91.8. The van der Waals surface area contributed by atoms with Crippen molar-refractivity contribution in [1.82, 2.24) is 9.55 Å². The van der Waals surface area contributed by atoms with Crippen molar-refractivity contribution in [2.24, 2.45) is 0 Å². The van der Waals surface area contributed by atoms with Crippen molar-refractivity contribution in [3.05, 3.63) is 132 Å². The highest BCUT2D eigenvalue weighted by atomic mass is 33.1. The average Bonchev–Trinajstić information content (AvgIpc) is 3.92. The van der Waals surface area contributed by atoms with E-state index in [1.807, 2.05) is 13.8 Å². The number of nitro benzene ring substituents is 1. The van der Waals surface area contributed by atoms with Crippen LogP contribution >= 0.6 is 45.1 Å².